The monoisotopic (exact) mass is 423 g/mol. The summed E-state index contributed by atoms with van der Waals surface area (Å²) in [5.41, 5.74) is 7.57. The third-order valence-corrected chi connectivity index (χ3v) is 5.42. The summed E-state index contributed by atoms with van der Waals surface area (Å²) >= 11 is 0. The third-order valence-electron chi connectivity index (χ3n) is 5.42. The van der Waals surface area contributed by atoms with E-state index in [1.807, 2.05) is 10.6 Å². The number of aromatic nitrogens is 3. The first-order chi connectivity index (χ1) is 15.0. The average Bonchev–Trinajstić information content (AvgIpc) is 3.42. The van der Waals surface area contributed by atoms with Gasteiger partial charge in [-0.1, -0.05) is 6.58 Å². The molecule has 2 aromatic heterocycles. The minimum absolute atomic E-state index is 0.0694. The summed E-state index contributed by atoms with van der Waals surface area (Å²) in [7, 11) is 3.17. The molecule has 0 unspecified atom stereocenters. The number of nitrogen functional groups attached to an aromatic ring is 1. The maximum atomic E-state index is 12.0. The zero-order valence-corrected chi connectivity index (χ0v) is 17.6. The van der Waals surface area contributed by atoms with E-state index in [1.54, 1.807) is 43.5 Å². The van der Waals surface area contributed by atoms with Crippen molar-refractivity contribution in [3.8, 4) is 17.2 Å². The molecule has 3 aromatic rings. The van der Waals surface area contributed by atoms with Gasteiger partial charge in [-0.25, -0.2) is 9.97 Å². The molecule has 9 heteroatoms. The van der Waals surface area contributed by atoms with Crippen LogP contribution < -0.4 is 19.9 Å². The number of benzene rings is 1. The van der Waals surface area contributed by atoms with Gasteiger partial charge in [0.1, 0.15) is 46.7 Å². The molecule has 0 saturated carbocycles. The second kappa shape index (κ2) is 8.55. The average molecular weight is 423 g/mol. The van der Waals surface area contributed by atoms with Gasteiger partial charge in [-0.05, 0) is 12.5 Å². The van der Waals surface area contributed by atoms with Crippen LogP contribution in [0.3, 0.4) is 0 Å². The van der Waals surface area contributed by atoms with Crippen LogP contribution in [0.4, 0.5) is 5.82 Å². The van der Waals surface area contributed by atoms with Gasteiger partial charge in [0.15, 0.2) is 0 Å². The second-order valence-corrected chi connectivity index (χ2v) is 7.26. The molecule has 162 valence electrons. The van der Waals surface area contributed by atoms with Gasteiger partial charge < -0.3 is 24.8 Å². The highest BCUT2D eigenvalue weighted by molar-refractivity contribution is 5.87. The number of ether oxygens (including phenoxy) is 3. The number of likely N-dealkylation sites (tertiary alicyclic amines) is 1. The number of imidazole rings is 1. The predicted octanol–water partition coefficient (Wildman–Crippen LogP) is 2.41. The molecule has 1 fully saturated rings. The van der Waals surface area contributed by atoms with Gasteiger partial charge in [0.25, 0.3) is 0 Å². The van der Waals surface area contributed by atoms with Crippen LogP contribution in [0.25, 0.3) is 5.52 Å². The Kier molecular flexibility index (Phi) is 5.66. The first kappa shape index (κ1) is 20.5. The zero-order chi connectivity index (χ0) is 22.0. The number of amides is 1. The number of hydrogen-bond donors (Lipinski definition) is 1. The number of rotatable bonds is 7. The largest absolute Gasteiger partial charge is 0.496 e. The topological polar surface area (TPSA) is 104 Å². The van der Waals surface area contributed by atoms with Crippen LogP contribution in [-0.4, -0.2) is 52.5 Å². The van der Waals surface area contributed by atoms with Crippen molar-refractivity contribution in [2.45, 2.75) is 18.9 Å². The Morgan fingerprint density at radius 2 is 1.97 bits per heavy atom. The lowest BCUT2D eigenvalue weighted by Crippen LogP contribution is -2.26. The lowest BCUT2D eigenvalue weighted by molar-refractivity contribution is -0.125. The molecule has 1 aliphatic heterocycles. The number of nitrogens with zero attached hydrogens (tertiary/aromatic N) is 4. The van der Waals surface area contributed by atoms with Crippen molar-refractivity contribution in [3.05, 3.63) is 54.8 Å². The van der Waals surface area contributed by atoms with E-state index in [2.05, 4.69) is 11.6 Å². The van der Waals surface area contributed by atoms with E-state index in [4.69, 9.17) is 24.9 Å². The van der Waals surface area contributed by atoms with Crippen LogP contribution in [0.2, 0.25) is 0 Å². The van der Waals surface area contributed by atoms with E-state index in [0.717, 1.165) is 12.2 Å². The number of hydrogen-bond acceptors (Lipinski definition) is 7. The Morgan fingerprint density at radius 1 is 1.26 bits per heavy atom. The normalized spacial score (nSPS) is 15.8. The molecule has 1 saturated heterocycles. The second-order valence-electron chi connectivity index (χ2n) is 7.26. The molecule has 1 atom stereocenters. The fraction of sp³-hybridized carbons (Fsp3) is 0.318. The van der Waals surface area contributed by atoms with Gasteiger partial charge in [0.05, 0.1) is 14.2 Å². The highest BCUT2D eigenvalue weighted by atomic mass is 16.5. The predicted molar refractivity (Wildman–Crippen MR) is 115 cm³/mol. The Bertz CT molecular complexity index is 1100. The molecule has 3 heterocycles. The smallest absolute Gasteiger partial charge is 0.245 e. The quantitative estimate of drug-likeness (QED) is 0.582. The van der Waals surface area contributed by atoms with Crippen LogP contribution in [0.5, 0.6) is 17.2 Å². The molecule has 0 radical (unpaired) electrons. The van der Waals surface area contributed by atoms with Crippen molar-refractivity contribution in [3.63, 3.8) is 0 Å². The standard InChI is InChI=1S/C22H25N5O4/c1-4-19(28)26-7-5-14(12-26)22-25-18(20-21(23)24-6-8-27(20)22)13-31-17-10-15(29-2)9-16(11-17)30-3/h4,6,8-11,14H,1,5,7,12-13H2,2-3H3,(H2,23,24)/t14-/m0/s1. The zero-order valence-electron chi connectivity index (χ0n) is 17.6. The molecule has 0 aliphatic carbocycles. The van der Waals surface area contributed by atoms with E-state index in [1.165, 1.54) is 6.08 Å². The van der Waals surface area contributed by atoms with E-state index in [0.29, 0.717) is 47.4 Å². The number of carbonyl (C=O) groups excluding carboxylic acids is 1. The maximum absolute atomic E-state index is 12.0. The first-order valence-corrected chi connectivity index (χ1v) is 9.92. The van der Waals surface area contributed by atoms with Crippen LogP contribution in [-0.2, 0) is 11.4 Å². The molecule has 31 heavy (non-hydrogen) atoms. The molecule has 1 amide bonds. The Hall–Kier alpha value is -3.75. The van der Waals surface area contributed by atoms with E-state index in [-0.39, 0.29) is 18.4 Å². The van der Waals surface area contributed by atoms with Gasteiger partial charge >= 0.3 is 0 Å². The van der Waals surface area contributed by atoms with Crippen LogP contribution in [0, 0.1) is 0 Å². The molecular formula is C22H25N5O4. The number of nitrogens with two attached hydrogens (primary N) is 1. The molecule has 0 spiro atoms. The Labute approximate surface area is 180 Å². The number of methoxy groups -OCH3 is 2. The Morgan fingerprint density at radius 3 is 2.65 bits per heavy atom. The summed E-state index contributed by atoms with van der Waals surface area (Å²) in [5.74, 6) is 3.08. The van der Waals surface area contributed by atoms with E-state index < -0.39 is 0 Å². The summed E-state index contributed by atoms with van der Waals surface area (Å²) < 4.78 is 18.5. The molecular weight excluding hydrogens is 398 g/mol. The minimum atomic E-state index is -0.0694. The van der Waals surface area contributed by atoms with E-state index >= 15 is 0 Å². The molecule has 1 aliphatic rings. The van der Waals surface area contributed by atoms with Gasteiger partial charge in [-0.3, -0.25) is 9.20 Å². The molecule has 4 rings (SSSR count). The summed E-state index contributed by atoms with van der Waals surface area (Å²) in [6.07, 6.45) is 5.64. The number of carbonyl (C=O) groups is 1. The number of anilines is 1. The van der Waals surface area contributed by atoms with Crippen LogP contribution in [0.15, 0.2) is 43.2 Å². The highest BCUT2D eigenvalue weighted by Gasteiger charge is 2.30. The molecule has 1 aromatic carbocycles. The molecule has 0 bridgehead atoms. The lowest BCUT2D eigenvalue weighted by Gasteiger charge is -2.13. The van der Waals surface area contributed by atoms with Crippen molar-refractivity contribution in [1.82, 2.24) is 19.3 Å². The fourth-order valence-corrected chi connectivity index (χ4v) is 3.87. The van der Waals surface area contributed by atoms with Crippen molar-refractivity contribution in [2.75, 3.05) is 33.0 Å². The first-order valence-electron chi connectivity index (χ1n) is 9.92. The Balaban J connectivity index is 1.63. The highest BCUT2D eigenvalue weighted by Crippen LogP contribution is 2.31. The summed E-state index contributed by atoms with van der Waals surface area (Å²) in [4.78, 5) is 22.8. The number of fused-ring (bicyclic) bond motifs is 1. The van der Waals surface area contributed by atoms with Crippen LogP contribution in [0.1, 0.15) is 23.9 Å². The fourth-order valence-electron chi connectivity index (χ4n) is 3.87. The SMILES string of the molecule is C=CC(=O)N1CC[C@H](c2nc(COc3cc(OC)cc(OC)c3)c3c(N)nccn23)C1. The summed E-state index contributed by atoms with van der Waals surface area (Å²) in [5, 5.41) is 0. The van der Waals surface area contributed by atoms with Gasteiger partial charge in [0, 0.05) is 49.6 Å². The van der Waals surface area contributed by atoms with Crippen molar-refractivity contribution in [2.24, 2.45) is 0 Å². The van der Waals surface area contributed by atoms with Crippen molar-refractivity contribution < 1.29 is 19.0 Å². The maximum Gasteiger partial charge on any atom is 0.245 e. The lowest BCUT2D eigenvalue weighted by atomic mass is 10.1. The molecule has 9 nitrogen and oxygen atoms in total. The van der Waals surface area contributed by atoms with Gasteiger partial charge in [-0.2, -0.15) is 0 Å². The van der Waals surface area contributed by atoms with Crippen LogP contribution >= 0.6 is 0 Å². The summed E-state index contributed by atoms with van der Waals surface area (Å²) in [6, 6.07) is 5.33. The van der Waals surface area contributed by atoms with Gasteiger partial charge in [-0.15, -0.1) is 0 Å². The van der Waals surface area contributed by atoms with Crippen molar-refractivity contribution >= 4 is 17.2 Å². The molecule has 2 N–H and O–H groups in total. The third kappa shape index (κ3) is 3.98. The minimum Gasteiger partial charge on any atom is -0.496 e. The van der Waals surface area contributed by atoms with E-state index in [9.17, 15) is 4.79 Å². The van der Waals surface area contributed by atoms with Crippen molar-refractivity contribution in [1.29, 1.82) is 0 Å². The van der Waals surface area contributed by atoms with Gasteiger partial charge in [0.2, 0.25) is 5.91 Å². The summed E-state index contributed by atoms with van der Waals surface area (Å²) in [6.45, 7) is 5.02.